The third kappa shape index (κ3) is 3.21. The van der Waals surface area contributed by atoms with Gasteiger partial charge in [-0.15, -0.1) is 0 Å². The van der Waals surface area contributed by atoms with Gasteiger partial charge in [0, 0.05) is 6.54 Å². The first-order chi connectivity index (χ1) is 7.50. The van der Waals surface area contributed by atoms with Gasteiger partial charge in [0.2, 0.25) is 0 Å². The summed E-state index contributed by atoms with van der Waals surface area (Å²) in [4.78, 5) is 13.6. The molecule has 0 amide bonds. The van der Waals surface area contributed by atoms with Gasteiger partial charge in [-0.05, 0) is 38.3 Å². The van der Waals surface area contributed by atoms with Crippen molar-refractivity contribution >= 4 is 5.97 Å². The summed E-state index contributed by atoms with van der Waals surface area (Å²) in [5, 5.41) is 9.23. The van der Waals surface area contributed by atoms with E-state index in [0.717, 1.165) is 45.3 Å². The Kier molecular flexibility index (Phi) is 4.78. The van der Waals surface area contributed by atoms with Gasteiger partial charge >= 0.3 is 5.97 Å². The minimum Gasteiger partial charge on any atom is -0.481 e. The molecule has 0 heterocycles. The van der Waals surface area contributed by atoms with Gasteiger partial charge < -0.3 is 10.0 Å². The van der Waals surface area contributed by atoms with E-state index in [-0.39, 0.29) is 5.41 Å². The molecule has 0 unspecified atom stereocenters. The highest BCUT2D eigenvalue weighted by atomic mass is 16.4. The summed E-state index contributed by atoms with van der Waals surface area (Å²) in [5.41, 5.74) is -0.385. The molecule has 3 nitrogen and oxygen atoms in total. The van der Waals surface area contributed by atoms with E-state index in [1.165, 1.54) is 0 Å². The predicted octanol–water partition coefficient (Wildman–Crippen LogP) is 2.61. The van der Waals surface area contributed by atoms with E-state index in [1.807, 2.05) is 0 Å². The van der Waals surface area contributed by atoms with Crippen molar-refractivity contribution in [1.82, 2.24) is 4.90 Å². The van der Waals surface area contributed by atoms with Crippen molar-refractivity contribution < 1.29 is 9.90 Å². The van der Waals surface area contributed by atoms with Crippen molar-refractivity contribution in [2.75, 3.05) is 19.6 Å². The Labute approximate surface area is 98.8 Å². The molecule has 0 aliphatic heterocycles. The normalized spacial score (nSPS) is 18.8. The first-order valence-electron chi connectivity index (χ1n) is 6.46. The zero-order chi connectivity index (χ0) is 12.2. The molecule has 94 valence electrons. The number of carboxylic acids is 1. The number of nitrogens with zero attached hydrogens (tertiary/aromatic N) is 1. The van der Waals surface area contributed by atoms with Gasteiger partial charge in [-0.2, -0.15) is 0 Å². The number of hydrogen-bond acceptors (Lipinski definition) is 2. The highest BCUT2D eigenvalue weighted by molar-refractivity contribution is 5.75. The Morgan fingerprint density at radius 1 is 1.44 bits per heavy atom. The second-order valence-electron chi connectivity index (χ2n) is 5.48. The molecule has 0 radical (unpaired) electrons. The SMILES string of the molecule is CCN(CCC1(C(=O)O)CCC1)CC(C)C. The summed E-state index contributed by atoms with van der Waals surface area (Å²) in [6, 6.07) is 0. The zero-order valence-corrected chi connectivity index (χ0v) is 10.8. The first-order valence-corrected chi connectivity index (χ1v) is 6.46. The maximum Gasteiger partial charge on any atom is 0.309 e. The Balaban J connectivity index is 2.39. The molecule has 0 bridgehead atoms. The average molecular weight is 227 g/mol. The minimum atomic E-state index is -0.584. The lowest BCUT2D eigenvalue weighted by atomic mass is 9.66. The van der Waals surface area contributed by atoms with E-state index in [2.05, 4.69) is 25.7 Å². The fourth-order valence-electron chi connectivity index (χ4n) is 2.44. The van der Waals surface area contributed by atoms with Crippen LogP contribution in [0.1, 0.15) is 46.5 Å². The van der Waals surface area contributed by atoms with E-state index in [1.54, 1.807) is 0 Å². The van der Waals surface area contributed by atoms with Crippen LogP contribution in [0.25, 0.3) is 0 Å². The number of rotatable bonds is 7. The number of aliphatic carboxylic acids is 1. The van der Waals surface area contributed by atoms with Gasteiger partial charge in [-0.1, -0.05) is 27.2 Å². The number of carbonyl (C=O) groups is 1. The van der Waals surface area contributed by atoms with E-state index in [0.29, 0.717) is 5.92 Å². The summed E-state index contributed by atoms with van der Waals surface area (Å²) in [7, 11) is 0. The molecule has 1 fully saturated rings. The molecule has 1 aliphatic carbocycles. The van der Waals surface area contributed by atoms with E-state index in [9.17, 15) is 9.90 Å². The largest absolute Gasteiger partial charge is 0.481 e. The lowest BCUT2D eigenvalue weighted by Crippen LogP contribution is -2.41. The van der Waals surface area contributed by atoms with Crippen LogP contribution >= 0.6 is 0 Å². The molecule has 1 rings (SSSR count). The first kappa shape index (κ1) is 13.5. The van der Waals surface area contributed by atoms with Crippen LogP contribution in [-0.4, -0.2) is 35.6 Å². The van der Waals surface area contributed by atoms with Crippen LogP contribution in [0.3, 0.4) is 0 Å². The summed E-state index contributed by atoms with van der Waals surface area (Å²) in [6.45, 7) is 9.59. The molecular weight excluding hydrogens is 202 g/mol. The second kappa shape index (κ2) is 5.67. The van der Waals surface area contributed by atoms with E-state index in [4.69, 9.17) is 0 Å². The van der Waals surface area contributed by atoms with Gasteiger partial charge in [0.1, 0.15) is 0 Å². The average Bonchev–Trinajstić information content (AvgIpc) is 2.12. The van der Waals surface area contributed by atoms with Crippen LogP contribution in [0.15, 0.2) is 0 Å². The Bertz CT molecular complexity index is 234. The second-order valence-corrected chi connectivity index (χ2v) is 5.48. The molecule has 0 saturated heterocycles. The third-order valence-electron chi connectivity index (χ3n) is 3.74. The van der Waals surface area contributed by atoms with Crippen molar-refractivity contribution in [3.63, 3.8) is 0 Å². The summed E-state index contributed by atoms with van der Waals surface area (Å²) < 4.78 is 0. The van der Waals surface area contributed by atoms with Crippen LogP contribution in [0, 0.1) is 11.3 Å². The maximum absolute atomic E-state index is 11.2. The standard InChI is InChI=1S/C13H25NO2/c1-4-14(10-11(2)3)9-8-13(12(15)16)6-5-7-13/h11H,4-10H2,1-3H3,(H,15,16). The molecule has 1 N–H and O–H groups in total. The molecule has 0 aromatic heterocycles. The molecule has 1 saturated carbocycles. The monoisotopic (exact) mass is 227 g/mol. The predicted molar refractivity (Wildman–Crippen MR) is 65.5 cm³/mol. The molecule has 0 aromatic rings. The van der Waals surface area contributed by atoms with Gasteiger partial charge in [-0.25, -0.2) is 0 Å². The molecule has 0 aromatic carbocycles. The summed E-state index contributed by atoms with van der Waals surface area (Å²) in [5.74, 6) is 0.0708. The third-order valence-corrected chi connectivity index (χ3v) is 3.74. The van der Waals surface area contributed by atoms with Gasteiger partial charge in [0.25, 0.3) is 0 Å². The Morgan fingerprint density at radius 2 is 2.06 bits per heavy atom. The lowest BCUT2D eigenvalue weighted by Gasteiger charge is -2.39. The molecule has 1 aliphatic rings. The van der Waals surface area contributed by atoms with Crippen LogP contribution < -0.4 is 0 Å². The Morgan fingerprint density at radius 3 is 2.38 bits per heavy atom. The lowest BCUT2D eigenvalue weighted by molar-refractivity contribution is -0.155. The van der Waals surface area contributed by atoms with Gasteiger partial charge in [-0.3, -0.25) is 4.79 Å². The number of carboxylic acid groups (broad SMARTS) is 1. The zero-order valence-electron chi connectivity index (χ0n) is 10.8. The molecule has 16 heavy (non-hydrogen) atoms. The van der Waals surface area contributed by atoms with Crippen molar-refractivity contribution in [1.29, 1.82) is 0 Å². The maximum atomic E-state index is 11.2. The van der Waals surface area contributed by atoms with Crippen LogP contribution in [0.2, 0.25) is 0 Å². The highest BCUT2D eigenvalue weighted by Gasteiger charge is 2.43. The fraction of sp³-hybridized carbons (Fsp3) is 0.923. The van der Waals surface area contributed by atoms with Crippen molar-refractivity contribution in [2.24, 2.45) is 11.3 Å². The van der Waals surface area contributed by atoms with E-state index < -0.39 is 5.97 Å². The van der Waals surface area contributed by atoms with Crippen molar-refractivity contribution in [2.45, 2.75) is 46.5 Å². The quantitative estimate of drug-likeness (QED) is 0.727. The molecule has 0 spiro atoms. The van der Waals surface area contributed by atoms with Crippen LogP contribution in [0.5, 0.6) is 0 Å². The topological polar surface area (TPSA) is 40.5 Å². The van der Waals surface area contributed by atoms with Crippen LogP contribution in [-0.2, 0) is 4.79 Å². The Hall–Kier alpha value is -0.570. The number of hydrogen-bond donors (Lipinski definition) is 1. The summed E-state index contributed by atoms with van der Waals surface area (Å²) >= 11 is 0. The highest BCUT2D eigenvalue weighted by Crippen LogP contribution is 2.44. The van der Waals surface area contributed by atoms with Gasteiger partial charge in [0.05, 0.1) is 5.41 Å². The van der Waals surface area contributed by atoms with E-state index >= 15 is 0 Å². The van der Waals surface area contributed by atoms with Crippen molar-refractivity contribution in [3.05, 3.63) is 0 Å². The molecule has 0 atom stereocenters. The van der Waals surface area contributed by atoms with Crippen molar-refractivity contribution in [3.8, 4) is 0 Å². The minimum absolute atomic E-state index is 0.385. The smallest absolute Gasteiger partial charge is 0.309 e. The molecule has 3 heteroatoms. The van der Waals surface area contributed by atoms with Gasteiger partial charge in [0.15, 0.2) is 0 Å². The van der Waals surface area contributed by atoms with Crippen LogP contribution in [0.4, 0.5) is 0 Å². The molecular formula is C13H25NO2. The summed E-state index contributed by atoms with van der Waals surface area (Å²) in [6.07, 6.45) is 3.66. The fourth-order valence-corrected chi connectivity index (χ4v) is 2.44.